The lowest BCUT2D eigenvalue weighted by Crippen LogP contribution is -2.41. The Morgan fingerprint density at radius 1 is 1.17 bits per heavy atom. The summed E-state index contributed by atoms with van der Waals surface area (Å²) in [6, 6.07) is 12.2. The molecule has 2 N–H and O–H groups in total. The number of thiophene rings is 1. The third-order valence-corrected chi connectivity index (χ3v) is 6.18. The van der Waals surface area contributed by atoms with E-state index >= 15 is 0 Å². The lowest BCUT2D eigenvalue weighted by atomic mass is 9.95. The summed E-state index contributed by atoms with van der Waals surface area (Å²) in [6.07, 6.45) is 7.99. The number of para-hydroxylation sites is 1. The molecule has 0 aliphatic heterocycles. The Kier molecular flexibility index (Phi) is 6.21. The molecule has 1 atom stereocenters. The van der Waals surface area contributed by atoms with Crippen molar-refractivity contribution in [3.8, 4) is 0 Å². The molecule has 5 heteroatoms. The predicted molar refractivity (Wildman–Crippen MR) is 104 cm³/mol. The number of hydrogen-bond donors (Lipinski definition) is 2. The first-order valence-corrected chi connectivity index (χ1v) is 10.6. The second kappa shape index (κ2) is 8.58. The molecule has 1 aliphatic carbocycles. The van der Waals surface area contributed by atoms with Crippen LogP contribution in [0.1, 0.15) is 43.0 Å². The van der Waals surface area contributed by atoms with Crippen LogP contribution in [0.25, 0.3) is 0 Å². The second-order valence-corrected chi connectivity index (χ2v) is 7.96. The lowest BCUT2D eigenvalue weighted by Gasteiger charge is -2.26. The normalized spacial score (nSPS) is 16.5. The van der Waals surface area contributed by atoms with E-state index in [1.54, 1.807) is 23.1 Å². The van der Waals surface area contributed by atoms with Gasteiger partial charge in [0.2, 0.25) is 5.91 Å². The summed E-state index contributed by atoms with van der Waals surface area (Å²) in [5.74, 6) is 0.0836. The Labute approximate surface area is 152 Å². The summed E-state index contributed by atoms with van der Waals surface area (Å²) in [7, 11) is 0. The molecule has 1 heterocycles. The monoisotopic (exact) mass is 360 g/mol. The standard InChI is InChI=1S/C19H24N2OS2/c1-23-16-11-6-5-10-15(16)21-18(17-12-7-13-24-17)19(22)20-14-8-3-2-4-9-14/h5-7,10-14,18,21H,2-4,8-9H2,1H3,(H,20,22). The number of carbonyl (C=O) groups is 1. The quantitative estimate of drug-likeness (QED) is 0.707. The number of hydrogen-bond acceptors (Lipinski definition) is 4. The van der Waals surface area contributed by atoms with Gasteiger partial charge in [-0.2, -0.15) is 0 Å². The Morgan fingerprint density at radius 3 is 2.67 bits per heavy atom. The Morgan fingerprint density at radius 2 is 1.96 bits per heavy atom. The molecule has 3 rings (SSSR count). The molecule has 3 nitrogen and oxygen atoms in total. The van der Waals surface area contributed by atoms with Gasteiger partial charge in [-0.1, -0.05) is 37.5 Å². The van der Waals surface area contributed by atoms with E-state index in [4.69, 9.17) is 0 Å². The van der Waals surface area contributed by atoms with Gasteiger partial charge in [0.15, 0.2) is 0 Å². The van der Waals surface area contributed by atoms with Crippen LogP contribution in [0.4, 0.5) is 5.69 Å². The van der Waals surface area contributed by atoms with Gasteiger partial charge in [-0.3, -0.25) is 4.79 Å². The Balaban J connectivity index is 1.77. The zero-order chi connectivity index (χ0) is 16.8. The summed E-state index contributed by atoms with van der Waals surface area (Å²) in [5.41, 5.74) is 1.02. The first kappa shape index (κ1) is 17.4. The molecular formula is C19H24N2OS2. The number of anilines is 1. The maximum absolute atomic E-state index is 12.9. The Bertz CT molecular complexity index is 651. The summed E-state index contributed by atoms with van der Waals surface area (Å²) in [4.78, 5) is 15.2. The number of benzene rings is 1. The topological polar surface area (TPSA) is 41.1 Å². The molecule has 0 bridgehead atoms. The van der Waals surface area contributed by atoms with Crippen molar-refractivity contribution in [2.24, 2.45) is 0 Å². The molecule has 1 amide bonds. The molecule has 1 saturated carbocycles. The molecule has 1 fully saturated rings. The highest BCUT2D eigenvalue weighted by Gasteiger charge is 2.25. The van der Waals surface area contributed by atoms with Crippen molar-refractivity contribution in [1.29, 1.82) is 0 Å². The zero-order valence-electron chi connectivity index (χ0n) is 14.0. The number of nitrogens with one attached hydrogen (secondary N) is 2. The van der Waals surface area contributed by atoms with E-state index in [0.29, 0.717) is 6.04 Å². The maximum atomic E-state index is 12.9. The summed E-state index contributed by atoms with van der Waals surface area (Å²) >= 11 is 3.32. The molecule has 128 valence electrons. The SMILES string of the molecule is CSc1ccccc1NC(C(=O)NC1CCCCC1)c1cccs1. The van der Waals surface area contributed by atoms with E-state index in [2.05, 4.69) is 23.0 Å². The number of thioether (sulfide) groups is 1. The molecule has 1 aromatic heterocycles. The van der Waals surface area contributed by atoms with Gasteiger partial charge < -0.3 is 10.6 Å². The molecule has 0 radical (unpaired) electrons. The highest BCUT2D eigenvalue weighted by atomic mass is 32.2. The van der Waals surface area contributed by atoms with Gasteiger partial charge in [0.1, 0.15) is 6.04 Å². The Hall–Kier alpha value is -1.46. The van der Waals surface area contributed by atoms with E-state index in [-0.39, 0.29) is 11.9 Å². The minimum atomic E-state index is -0.333. The van der Waals surface area contributed by atoms with Crippen LogP contribution in [-0.2, 0) is 4.79 Å². The molecule has 2 aromatic rings. The van der Waals surface area contributed by atoms with Crippen molar-refractivity contribution < 1.29 is 4.79 Å². The third-order valence-electron chi connectivity index (χ3n) is 4.45. The molecule has 0 spiro atoms. The fourth-order valence-electron chi connectivity index (χ4n) is 3.17. The van der Waals surface area contributed by atoms with E-state index in [0.717, 1.165) is 28.3 Å². The van der Waals surface area contributed by atoms with Crippen molar-refractivity contribution in [3.05, 3.63) is 46.7 Å². The van der Waals surface area contributed by atoms with E-state index in [1.807, 2.05) is 35.7 Å². The van der Waals surface area contributed by atoms with Gasteiger partial charge >= 0.3 is 0 Å². The second-order valence-electron chi connectivity index (χ2n) is 6.14. The molecule has 1 aliphatic rings. The van der Waals surface area contributed by atoms with Crippen LogP contribution >= 0.6 is 23.1 Å². The van der Waals surface area contributed by atoms with Crippen molar-refractivity contribution in [1.82, 2.24) is 5.32 Å². The number of rotatable bonds is 6. The minimum absolute atomic E-state index is 0.0836. The van der Waals surface area contributed by atoms with E-state index in [1.165, 1.54) is 19.3 Å². The molecule has 0 saturated heterocycles. The predicted octanol–water partition coefficient (Wildman–Crippen LogP) is 5.07. The van der Waals surface area contributed by atoms with Crippen LogP contribution in [0.15, 0.2) is 46.7 Å². The lowest BCUT2D eigenvalue weighted by molar-refractivity contribution is -0.122. The van der Waals surface area contributed by atoms with Crippen LogP contribution in [-0.4, -0.2) is 18.2 Å². The molecule has 24 heavy (non-hydrogen) atoms. The number of carbonyl (C=O) groups excluding carboxylic acids is 1. The number of amides is 1. The van der Waals surface area contributed by atoms with Crippen LogP contribution < -0.4 is 10.6 Å². The zero-order valence-corrected chi connectivity index (χ0v) is 15.6. The average molecular weight is 361 g/mol. The highest BCUT2D eigenvalue weighted by Crippen LogP contribution is 2.30. The van der Waals surface area contributed by atoms with Gasteiger partial charge in [-0.15, -0.1) is 23.1 Å². The highest BCUT2D eigenvalue weighted by molar-refractivity contribution is 7.98. The largest absolute Gasteiger partial charge is 0.369 e. The first-order chi connectivity index (χ1) is 11.8. The minimum Gasteiger partial charge on any atom is -0.369 e. The van der Waals surface area contributed by atoms with Crippen LogP contribution in [0.3, 0.4) is 0 Å². The van der Waals surface area contributed by atoms with Crippen LogP contribution in [0, 0.1) is 0 Å². The molecule has 1 unspecified atom stereocenters. The fourth-order valence-corrected chi connectivity index (χ4v) is 4.51. The van der Waals surface area contributed by atoms with Gasteiger partial charge in [-0.25, -0.2) is 0 Å². The van der Waals surface area contributed by atoms with Crippen LogP contribution in [0.5, 0.6) is 0 Å². The van der Waals surface area contributed by atoms with E-state index < -0.39 is 0 Å². The van der Waals surface area contributed by atoms with Crippen molar-refractivity contribution >= 4 is 34.7 Å². The summed E-state index contributed by atoms with van der Waals surface area (Å²) in [5, 5.41) is 8.76. The fraction of sp³-hybridized carbons (Fsp3) is 0.421. The summed E-state index contributed by atoms with van der Waals surface area (Å²) < 4.78 is 0. The first-order valence-electron chi connectivity index (χ1n) is 8.51. The van der Waals surface area contributed by atoms with Gasteiger partial charge in [0, 0.05) is 21.5 Å². The van der Waals surface area contributed by atoms with Crippen molar-refractivity contribution in [2.45, 2.75) is 49.1 Å². The van der Waals surface area contributed by atoms with Crippen LogP contribution in [0.2, 0.25) is 0 Å². The van der Waals surface area contributed by atoms with E-state index in [9.17, 15) is 4.79 Å². The van der Waals surface area contributed by atoms with Crippen molar-refractivity contribution in [2.75, 3.05) is 11.6 Å². The van der Waals surface area contributed by atoms with Gasteiger partial charge in [-0.05, 0) is 42.7 Å². The third kappa shape index (κ3) is 4.33. The smallest absolute Gasteiger partial charge is 0.248 e. The molecule has 1 aromatic carbocycles. The van der Waals surface area contributed by atoms with Gasteiger partial charge in [0.25, 0.3) is 0 Å². The average Bonchev–Trinajstić information content (AvgIpc) is 3.15. The maximum Gasteiger partial charge on any atom is 0.248 e. The van der Waals surface area contributed by atoms with Crippen molar-refractivity contribution in [3.63, 3.8) is 0 Å². The molecular weight excluding hydrogens is 336 g/mol. The summed E-state index contributed by atoms with van der Waals surface area (Å²) in [6.45, 7) is 0. The van der Waals surface area contributed by atoms with Gasteiger partial charge in [0.05, 0.1) is 0 Å².